The zero-order chi connectivity index (χ0) is 25.3. The number of ether oxygens (including phenoxy) is 1. The van der Waals surface area contributed by atoms with E-state index in [0.717, 1.165) is 61.8 Å². The van der Waals surface area contributed by atoms with Crippen LogP contribution < -0.4 is 15.8 Å². The van der Waals surface area contributed by atoms with Gasteiger partial charge < -0.3 is 26.0 Å². The fraction of sp³-hybridized carbons (Fsp3) is 0.379. The third kappa shape index (κ3) is 7.06. The second-order valence-corrected chi connectivity index (χ2v) is 9.43. The van der Waals surface area contributed by atoms with Crippen LogP contribution in [0.15, 0.2) is 60.8 Å². The third-order valence-corrected chi connectivity index (χ3v) is 6.70. The van der Waals surface area contributed by atoms with E-state index in [1.165, 1.54) is 12.0 Å². The van der Waals surface area contributed by atoms with Gasteiger partial charge in [-0.25, -0.2) is 9.78 Å². The van der Waals surface area contributed by atoms with E-state index in [0.29, 0.717) is 18.1 Å². The van der Waals surface area contributed by atoms with E-state index >= 15 is 0 Å². The summed E-state index contributed by atoms with van der Waals surface area (Å²) in [5.74, 6) is -0.0663. The average molecular weight is 490 g/mol. The Hall–Kier alpha value is -3.42. The highest BCUT2D eigenvalue weighted by atomic mass is 16.5. The molecule has 1 aliphatic rings. The van der Waals surface area contributed by atoms with Crippen molar-refractivity contribution in [2.75, 3.05) is 18.8 Å². The number of aliphatic hydroxyl groups is 1. The normalized spacial score (nSPS) is 14.9. The molecule has 1 saturated carbocycles. The molecule has 0 radical (unpaired) electrons. The summed E-state index contributed by atoms with van der Waals surface area (Å²) in [6.45, 7) is 1.25. The average Bonchev–Trinajstić information content (AvgIpc) is 2.89. The second kappa shape index (κ2) is 12.5. The Kier molecular flexibility index (Phi) is 8.92. The quantitative estimate of drug-likeness (QED) is 0.280. The van der Waals surface area contributed by atoms with Crippen LogP contribution in [-0.2, 0) is 6.42 Å². The number of nitrogen functional groups attached to an aromatic ring is 1. The predicted molar refractivity (Wildman–Crippen MR) is 141 cm³/mol. The number of aromatic carboxylic acids is 1. The fourth-order valence-corrected chi connectivity index (χ4v) is 4.59. The van der Waals surface area contributed by atoms with Crippen molar-refractivity contribution in [2.24, 2.45) is 0 Å². The molecule has 1 heterocycles. The molecule has 7 nitrogen and oxygen atoms in total. The summed E-state index contributed by atoms with van der Waals surface area (Å²) in [5.41, 5.74) is 9.75. The largest absolute Gasteiger partial charge is 0.490 e. The minimum absolute atomic E-state index is 0.0901. The van der Waals surface area contributed by atoms with Gasteiger partial charge in [0, 0.05) is 18.3 Å². The summed E-state index contributed by atoms with van der Waals surface area (Å²) in [5, 5.41) is 23.1. The van der Waals surface area contributed by atoms with Gasteiger partial charge in [0.1, 0.15) is 17.1 Å². The predicted octanol–water partition coefficient (Wildman–Crippen LogP) is 5.00. The lowest BCUT2D eigenvalue weighted by molar-refractivity contribution is 0.0686. The van der Waals surface area contributed by atoms with Crippen LogP contribution in [0.5, 0.6) is 5.75 Å². The van der Waals surface area contributed by atoms with Crippen LogP contribution in [0.1, 0.15) is 66.1 Å². The molecule has 5 N–H and O–H groups in total. The topological polar surface area (TPSA) is 118 Å². The summed E-state index contributed by atoms with van der Waals surface area (Å²) in [6, 6.07) is 17.2. The van der Waals surface area contributed by atoms with Crippen LogP contribution in [0.2, 0.25) is 0 Å². The Bertz CT molecular complexity index is 1130. The smallest absolute Gasteiger partial charge is 0.339 e. The van der Waals surface area contributed by atoms with Crippen molar-refractivity contribution >= 4 is 11.8 Å². The Morgan fingerprint density at radius 3 is 2.50 bits per heavy atom. The fourth-order valence-electron chi connectivity index (χ4n) is 4.59. The Balaban J connectivity index is 1.29. The number of hydrogen-bond acceptors (Lipinski definition) is 6. The molecule has 1 atom stereocenters. The number of nitrogens with two attached hydrogens (primary N) is 1. The summed E-state index contributed by atoms with van der Waals surface area (Å²) in [7, 11) is 0. The van der Waals surface area contributed by atoms with Crippen LogP contribution in [-0.4, -0.2) is 40.4 Å². The maximum Gasteiger partial charge on any atom is 0.339 e. The molecule has 0 bridgehead atoms. The lowest BCUT2D eigenvalue weighted by Crippen LogP contribution is -2.23. The molecule has 190 valence electrons. The number of rotatable bonds is 11. The van der Waals surface area contributed by atoms with Gasteiger partial charge in [-0.1, -0.05) is 42.8 Å². The number of nitrogens with one attached hydrogen (secondary N) is 1. The number of pyridine rings is 1. The van der Waals surface area contributed by atoms with Gasteiger partial charge in [-0.05, 0) is 80.0 Å². The molecule has 2 aromatic carbocycles. The molecule has 36 heavy (non-hydrogen) atoms. The van der Waals surface area contributed by atoms with Gasteiger partial charge in [-0.3, -0.25) is 0 Å². The first kappa shape index (κ1) is 25.7. The van der Waals surface area contributed by atoms with Crippen molar-refractivity contribution in [1.82, 2.24) is 10.3 Å². The SMILES string of the molecule is Nc1ccc([C@@H](O)CNCCCc2ccc(-c3ccc(C(=O)O)c(OC4CCCCC4)c3)cc2)cn1. The molecular formula is C29H35N3O4. The van der Waals surface area contributed by atoms with Gasteiger partial charge in [0.25, 0.3) is 0 Å². The van der Waals surface area contributed by atoms with Gasteiger partial charge in [-0.15, -0.1) is 0 Å². The van der Waals surface area contributed by atoms with Crippen LogP contribution in [0.4, 0.5) is 5.82 Å². The number of aliphatic hydroxyl groups excluding tert-OH is 1. The van der Waals surface area contributed by atoms with Crippen LogP contribution in [0.25, 0.3) is 11.1 Å². The summed E-state index contributed by atoms with van der Waals surface area (Å²) in [6.07, 6.45) is 8.37. The molecule has 3 aromatic rings. The van der Waals surface area contributed by atoms with E-state index in [9.17, 15) is 15.0 Å². The first-order valence-corrected chi connectivity index (χ1v) is 12.7. The Labute approximate surface area is 212 Å². The summed E-state index contributed by atoms with van der Waals surface area (Å²) < 4.78 is 6.15. The summed E-state index contributed by atoms with van der Waals surface area (Å²) >= 11 is 0. The zero-order valence-corrected chi connectivity index (χ0v) is 20.5. The van der Waals surface area contributed by atoms with Gasteiger partial charge in [0.05, 0.1) is 12.2 Å². The first-order valence-electron chi connectivity index (χ1n) is 12.7. The molecule has 1 aliphatic carbocycles. The highest BCUT2D eigenvalue weighted by Gasteiger charge is 2.19. The van der Waals surface area contributed by atoms with Crippen molar-refractivity contribution in [3.8, 4) is 16.9 Å². The van der Waals surface area contributed by atoms with Gasteiger partial charge in [0.2, 0.25) is 0 Å². The van der Waals surface area contributed by atoms with Gasteiger partial charge in [0.15, 0.2) is 0 Å². The number of hydrogen-bond donors (Lipinski definition) is 4. The molecule has 1 fully saturated rings. The Morgan fingerprint density at radius 2 is 1.81 bits per heavy atom. The minimum Gasteiger partial charge on any atom is -0.490 e. The zero-order valence-electron chi connectivity index (χ0n) is 20.5. The van der Waals surface area contributed by atoms with Crippen molar-refractivity contribution in [3.05, 3.63) is 77.5 Å². The molecule has 0 aliphatic heterocycles. The second-order valence-electron chi connectivity index (χ2n) is 9.43. The molecule has 0 saturated heterocycles. The van der Waals surface area contributed by atoms with E-state index in [4.69, 9.17) is 10.5 Å². The van der Waals surface area contributed by atoms with Gasteiger partial charge >= 0.3 is 5.97 Å². The molecular weight excluding hydrogens is 454 g/mol. The number of nitrogens with zero attached hydrogens (tertiary/aromatic N) is 1. The number of aryl methyl sites for hydroxylation is 1. The number of benzene rings is 2. The monoisotopic (exact) mass is 489 g/mol. The highest BCUT2D eigenvalue weighted by Crippen LogP contribution is 2.31. The van der Waals surface area contributed by atoms with Crippen molar-refractivity contribution < 1.29 is 19.7 Å². The molecule has 0 amide bonds. The van der Waals surface area contributed by atoms with E-state index in [1.807, 2.05) is 12.1 Å². The first-order chi connectivity index (χ1) is 17.5. The molecule has 4 rings (SSSR count). The number of anilines is 1. The van der Waals surface area contributed by atoms with Crippen molar-refractivity contribution in [2.45, 2.75) is 57.2 Å². The standard InChI is InChI=1S/C29H35N3O4/c30-28-15-13-23(18-32-28)26(33)19-31-16-4-5-20-8-10-21(11-9-20)22-12-14-25(29(34)35)27(17-22)36-24-6-2-1-3-7-24/h8-15,17-18,24,26,31,33H,1-7,16,19H2,(H2,30,32)(H,34,35)/t26-/m0/s1. The van der Waals surface area contributed by atoms with Crippen LogP contribution in [0, 0.1) is 0 Å². The number of carboxylic acids is 1. The number of carbonyl (C=O) groups is 1. The van der Waals surface area contributed by atoms with E-state index in [2.05, 4.69) is 34.6 Å². The number of carboxylic acid groups (broad SMARTS) is 1. The maximum atomic E-state index is 11.7. The lowest BCUT2D eigenvalue weighted by atomic mass is 9.97. The number of aromatic nitrogens is 1. The minimum atomic E-state index is -0.964. The van der Waals surface area contributed by atoms with E-state index < -0.39 is 12.1 Å². The molecule has 7 heteroatoms. The van der Waals surface area contributed by atoms with Crippen LogP contribution >= 0.6 is 0 Å². The maximum absolute atomic E-state index is 11.7. The van der Waals surface area contributed by atoms with E-state index in [-0.39, 0.29) is 11.7 Å². The highest BCUT2D eigenvalue weighted by molar-refractivity contribution is 5.92. The third-order valence-electron chi connectivity index (χ3n) is 6.70. The lowest BCUT2D eigenvalue weighted by Gasteiger charge is -2.24. The van der Waals surface area contributed by atoms with Crippen molar-refractivity contribution in [1.29, 1.82) is 0 Å². The molecule has 0 unspecified atom stereocenters. The van der Waals surface area contributed by atoms with Crippen LogP contribution in [0.3, 0.4) is 0 Å². The molecule has 1 aromatic heterocycles. The summed E-state index contributed by atoms with van der Waals surface area (Å²) in [4.78, 5) is 15.7. The van der Waals surface area contributed by atoms with Gasteiger partial charge in [-0.2, -0.15) is 0 Å². The molecule has 0 spiro atoms. The van der Waals surface area contributed by atoms with E-state index in [1.54, 1.807) is 24.4 Å². The van der Waals surface area contributed by atoms with Crippen molar-refractivity contribution in [3.63, 3.8) is 0 Å². The Morgan fingerprint density at radius 1 is 1.06 bits per heavy atom.